The highest BCUT2D eigenvalue weighted by Crippen LogP contribution is 2.31. The number of aromatic nitrogens is 1. The van der Waals surface area contributed by atoms with E-state index in [0.717, 1.165) is 35.8 Å². The first-order valence-electron chi connectivity index (χ1n) is 8.26. The fraction of sp³-hybridized carbons (Fsp3) is 0.222. The molecular weight excluding hydrogens is 375 g/mol. The molecule has 3 aromatic rings. The number of anilines is 2. The summed E-state index contributed by atoms with van der Waals surface area (Å²) in [5.74, 6) is -0.780. The highest BCUT2D eigenvalue weighted by molar-refractivity contribution is 7.18. The van der Waals surface area contributed by atoms with Crippen molar-refractivity contribution in [3.05, 3.63) is 51.1 Å². The predicted octanol–water partition coefficient (Wildman–Crippen LogP) is 1.91. The zero-order valence-corrected chi connectivity index (χ0v) is 15.7. The molecule has 1 aliphatic heterocycles. The summed E-state index contributed by atoms with van der Waals surface area (Å²) in [4.78, 5) is 19.5. The van der Waals surface area contributed by atoms with E-state index in [1.165, 1.54) is 27.5 Å². The Morgan fingerprint density at radius 2 is 2.23 bits per heavy atom. The van der Waals surface area contributed by atoms with Crippen LogP contribution in [0.3, 0.4) is 0 Å². The van der Waals surface area contributed by atoms with Crippen molar-refractivity contribution >= 4 is 50.6 Å². The lowest BCUT2D eigenvalue weighted by molar-refractivity contribution is -0.895. The molecule has 0 spiro atoms. The molecule has 1 aromatic carbocycles. The van der Waals surface area contributed by atoms with Crippen molar-refractivity contribution < 1.29 is 19.1 Å². The Bertz CT molecular complexity index is 1040. The molecule has 4 rings (SSSR count). The molecule has 5 nitrogen and oxygen atoms in total. The van der Waals surface area contributed by atoms with Crippen molar-refractivity contribution in [1.29, 1.82) is 0 Å². The third-order valence-corrected chi connectivity index (χ3v) is 6.05. The van der Waals surface area contributed by atoms with Crippen molar-refractivity contribution in [2.45, 2.75) is 13.0 Å². The molecule has 0 bridgehead atoms. The van der Waals surface area contributed by atoms with Gasteiger partial charge in [0, 0.05) is 16.8 Å². The van der Waals surface area contributed by atoms with Crippen LogP contribution in [0.15, 0.2) is 24.3 Å². The number of aromatic amines is 1. The maximum Gasteiger partial charge on any atom is 0.284 e. The molecule has 0 fully saturated rings. The second kappa shape index (κ2) is 6.50. The summed E-state index contributed by atoms with van der Waals surface area (Å²) in [6.07, 6.45) is 0.964. The van der Waals surface area contributed by atoms with Gasteiger partial charge in [0.05, 0.1) is 24.2 Å². The van der Waals surface area contributed by atoms with Crippen LogP contribution in [0, 0.1) is 5.82 Å². The van der Waals surface area contributed by atoms with Crippen molar-refractivity contribution in [2.75, 3.05) is 24.6 Å². The lowest BCUT2D eigenvalue weighted by Crippen LogP contribution is -3.08. The molecular formula is C18H18ClFN4OS+2. The van der Waals surface area contributed by atoms with Gasteiger partial charge in [0.15, 0.2) is 4.83 Å². The number of H-pyrrole nitrogens is 1. The summed E-state index contributed by atoms with van der Waals surface area (Å²) < 4.78 is 14.0. The van der Waals surface area contributed by atoms with Crippen LogP contribution in [0.25, 0.3) is 10.2 Å². The van der Waals surface area contributed by atoms with Crippen LogP contribution < -0.4 is 20.9 Å². The molecule has 1 aliphatic rings. The summed E-state index contributed by atoms with van der Waals surface area (Å²) in [7, 11) is 2.17. The average Bonchev–Trinajstić information content (AvgIpc) is 2.92. The zero-order valence-electron chi connectivity index (χ0n) is 14.1. The number of fused-ring (bicyclic) bond motifs is 3. The molecule has 0 radical (unpaired) electrons. The smallest absolute Gasteiger partial charge is 0.284 e. The van der Waals surface area contributed by atoms with E-state index in [2.05, 4.69) is 17.3 Å². The van der Waals surface area contributed by atoms with Gasteiger partial charge in [-0.15, -0.1) is 0 Å². The second-order valence-corrected chi connectivity index (χ2v) is 8.10. The van der Waals surface area contributed by atoms with Crippen LogP contribution in [0.5, 0.6) is 0 Å². The molecule has 5 N–H and O–H groups in total. The van der Waals surface area contributed by atoms with E-state index in [0.29, 0.717) is 5.56 Å². The molecule has 3 heterocycles. The Morgan fingerprint density at radius 3 is 3.00 bits per heavy atom. The SMILES string of the molecule is C[NH+]1CCc2c(sc3[nH+]c(N)c(C(=O)Nc4ccc(Cl)cc4F)cc23)C1. The Morgan fingerprint density at radius 1 is 1.42 bits per heavy atom. The van der Waals surface area contributed by atoms with Crippen molar-refractivity contribution in [3.63, 3.8) is 0 Å². The molecule has 0 aliphatic carbocycles. The molecule has 134 valence electrons. The Labute approximate surface area is 158 Å². The predicted molar refractivity (Wildman–Crippen MR) is 101 cm³/mol. The molecule has 0 saturated heterocycles. The average molecular weight is 393 g/mol. The number of likely N-dealkylation sites (N-methyl/N-ethyl adjacent to an activating group) is 1. The number of hydrogen-bond acceptors (Lipinski definition) is 3. The molecule has 8 heteroatoms. The first-order valence-corrected chi connectivity index (χ1v) is 9.45. The van der Waals surface area contributed by atoms with Gasteiger partial charge < -0.3 is 10.2 Å². The van der Waals surface area contributed by atoms with E-state index in [4.69, 9.17) is 17.3 Å². The number of amides is 1. The van der Waals surface area contributed by atoms with Gasteiger partial charge >= 0.3 is 0 Å². The third-order valence-electron chi connectivity index (χ3n) is 4.65. The number of halogens is 2. The number of rotatable bonds is 2. The number of nitrogens with two attached hydrogens (primary N) is 1. The van der Waals surface area contributed by atoms with Gasteiger partial charge in [-0.3, -0.25) is 10.5 Å². The van der Waals surface area contributed by atoms with E-state index in [-0.39, 0.29) is 16.5 Å². The monoisotopic (exact) mass is 392 g/mol. The maximum atomic E-state index is 14.0. The van der Waals surface area contributed by atoms with Crippen LogP contribution in [-0.2, 0) is 13.0 Å². The second-order valence-electron chi connectivity index (χ2n) is 6.56. The topological polar surface area (TPSA) is 73.7 Å². The number of carbonyl (C=O) groups is 1. The Kier molecular flexibility index (Phi) is 4.30. The number of carbonyl (C=O) groups excluding carboxylic acids is 1. The summed E-state index contributed by atoms with van der Waals surface area (Å²) in [5, 5.41) is 3.86. The van der Waals surface area contributed by atoms with Crippen LogP contribution in [0.1, 0.15) is 20.8 Å². The minimum absolute atomic E-state index is 0.0662. The number of thiophene rings is 1. The number of pyridine rings is 1. The van der Waals surface area contributed by atoms with Gasteiger partial charge in [-0.1, -0.05) is 22.9 Å². The van der Waals surface area contributed by atoms with Crippen molar-refractivity contribution in [3.8, 4) is 0 Å². The number of nitrogen functional groups attached to an aromatic ring is 1. The van der Waals surface area contributed by atoms with E-state index < -0.39 is 11.7 Å². The fourth-order valence-corrected chi connectivity index (χ4v) is 4.78. The van der Waals surface area contributed by atoms with Crippen molar-refractivity contribution in [1.82, 2.24) is 0 Å². The van der Waals surface area contributed by atoms with E-state index in [1.807, 2.05) is 0 Å². The molecule has 1 amide bonds. The van der Waals surface area contributed by atoms with Gasteiger partial charge in [-0.2, -0.15) is 0 Å². The molecule has 26 heavy (non-hydrogen) atoms. The number of benzene rings is 1. The summed E-state index contributed by atoms with van der Waals surface area (Å²) >= 11 is 7.43. The highest BCUT2D eigenvalue weighted by atomic mass is 35.5. The van der Waals surface area contributed by atoms with E-state index >= 15 is 0 Å². The standard InChI is InChI=1S/C18H16ClFN4OS/c1-24-5-4-10-11-7-12(16(21)23-18(11)26-15(10)8-24)17(25)22-14-3-2-9(19)6-13(14)20/h2-3,6-7H,4-5,8H2,1H3,(H2,21,23)(H,22,25)/p+2. The summed E-state index contributed by atoms with van der Waals surface area (Å²) in [6.45, 7) is 2.03. The summed E-state index contributed by atoms with van der Waals surface area (Å²) in [5.41, 5.74) is 7.71. The Balaban J connectivity index is 1.71. The first-order chi connectivity index (χ1) is 12.4. The van der Waals surface area contributed by atoms with Crippen LogP contribution in [0.2, 0.25) is 5.02 Å². The largest absolute Gasteiger partial charge is 0.333 e. The quantitative estimate of drug-likeness (QED) is 0.623. The van der Waals surface area contributed by atoms with Crippen LogP contribution >= 0.6 is 22.9 Å². The number of hydrogen-bond donors (Lipinski definition) is 3. The van der Waals surface area contributed by atoms with Crippen molar-refractivity contribution in [2.24, 2.45) is 0 Å². The number of quaternary nitrogens is 1. The molecule has 1 atom stereocenters. The fourth-order valence-electron chi connectivity index (χ4n) is 3.27. The van der Waals surface area contributed by atoms with Gasteiger partial charge in [-0.05, 0) is 29.8 Å². The molecule has 1 unspecified atom stereocenters. The normalized spacial score (nSPS) is 16.5. The minimum Gasteiger partial charge on any atom is -0.333 e. The molecule has 2 aromatic heterocycles. The highest BCUT2D eigenvalue weighted by Gasteiger charge is 2.26. The minimum atomic E-state index is -0.589. The zero-order chi connectivity index (χ0) is 18.4. The Hall–Kier alpha value is -2.22. The van der Waals surface area contributed by atoms with Crippen LogP contribution in [0.4, 0.5) is 15.9 Å². The lowest BCUT2D eigenvalue weighted by Gasteiger charge is -2.19. The van der Waals surface area contributed by atoms with Crippen LogP contribution in [-0.4, -0.2) is 19.5 Å². The van der Waals surface area contributed by atoms with Gasteiger partial charge in [0.2, 0.25) is 0 Å². The molecule has 0 saturated carbocycles. The van der Waals surface area contributed by atoms with Gasteiger partial charge in [0.25, 0.3) is 11.7 Å². The summed E-state index contributed by atoms with van der Waals surface area (Å²) in [6, 6.07) is 5.91. The lowest BCUT2D eigenvalue weighted by atomic mass is 10.0. The van der Waals surface area contributed by atoms with E-state index in [1.54, 1.807) is 17.4 Å². The first kappa shape index (κ1) is 17.2. The maximum absolute atomic E-state index is 14.0. The van der Waals surface area contributed by atoms with E-state index in [9.17, 15) is 9.18 Å². The number of nitrogens with one attached hydrogen (secondary N) is 3. The van der Waals surface area contributed by atoms with Gasteiger partial charge in [-0.25, -0.2) is 9.37 Å². The third kappa shape index (κ3) is 3.02. The van der Waals surface area contributed by atoms with Gasteiger partial charge in [0.1, 0.15) is 17.9 Å².